The summed E-state index contributed by atoms with van der Waals surface area (Å²) in [5.74, 6) is 0. The summed E-state index contributed by atoms with van der Waals surface area (Å²) in [5, 5.41) is 2.55. The average molecular weight is 512 g/mol. The maximum absolute atomic E-state index is 4.35. The summed E-state index contributed by atoms with van der Waals surface area (Å²) in [6.45, 7) is 44.7. The summed E-state index contributed by atoms with van der Waals surface area (Å²) in [5.41, 5.74) is 0. The fourth-order valence-corrected chi connectivity index (χ4v) is 19.6. The van der Waals surface area contributed by atoms with Crippen molar-refractivity contribution < 1.29 is 20.4 Å². The second-order valence-electron chi connectivity index (χ2n) is 13.9. The van der Waals surface area contributed by atoms with Gasteiger partial charge in [0, 0.05) is 42.2 Å². The predicted octanol–water partition coefficient (Wildman–Crippen LogP) is 9.00. The third kappa shape index (κ3) is 12.6. The van der Waals surface area contributed by atoms with E-state index in [1.54, 1.807) is 0 Å². The molecule has 0 nitrogen and oxygen atoms in total. The van der Waals surface area contributed by atoms with Crippen molar-refractivity contribution in [3.8, 4) is 0 Å². The first-order valence-corrected chi connectivity index (χ1v) is 13.4. The van der Waals surface area contributed by atoms with Gasteiger partial charge in [0.2, 0.25) is 0 Å². The predicted molar refractivity (Wildman–Crippen MR) is 135 cm³/mol. The normalized spacial score (nSPS) is 14.6. The molecule has 0 amide bonds. The zero-order chi connectivity index (χ0) is 22.2. The Hall–Kier alpha value is 1.39. The van der Waals surface area contributed by atoms with Gasteiger partial charge >= 0.3 is 0 Å². The molecule has 0 aliphatic rings. The standard InChI is InChI=1S/C12H27P.C12H26P.Pd/c2*1-10(2,3)13(11(4,5)6)12(7,8)9;/h1-9H3;1H2,2-9H3;/q;+1;/p+2. The monoisotopic (exact) mass is 511 g/mol. The third-order valence-corrected chi connectivity index (χ3v) is 13.3. The molecule has 0 saturated heterocycles. The minimum absolute atomic E-state index is 0. The zero-order valence-electron chi connectivity index (χ0n) is 22.0. The topological polar surface area (TPSA) is 0 Å². The Balaban J connectivity index is -0.000000411. The molecule has 0 bridgehead atoms. The van der Waals surface area contributed by atoms with E-state index in [1.165, 1.54) is 0 Å². The van der Waals surface area contributed by atoms with Gasteiger partial charge in [-0.05, 0) is 104 Å². The Labute approximate surface area is 191 Å². The maximum Gasteiger partial charge on any atom is 0.197 e. The fraction of sp³-hybridized carbons (Fsp3) is 0.958. The molecule has 0 aromatic rings. The molecule has 0 fully saturated rings. The first-order valence-electron chi connectivity index (χ1n) is 10.4. The maximum atomic E-state index is 4.35. The second-order valence-corrected chi connectivity index (χ2v) is 24.2. The molecule has 0 aliphatic heterocycles. The third-order valence-electron chi connectivity index (χ3n) is 4.43. The molecule has 0 aromatic heterocycles. The van der Waals surface area contributed by atoms with E-state index >= 15 is 0 Å². The van der Waals surface area contributed by atoms with Gasteiger partial charge in [0.05, 0.1) is 33.7 Å². The second kappa shape index (κ2) is 10.1. The van der Waals surface area contributed by atoms with Crippen LogP contribution < -0.4 is 0 Å². The van der Waals surface area contributed by atoms with Crippen molar-refractivity contribution in [2.24, 2.45) is 0 Å². The molecular formula is C24H55P2Pd+3. The van der Waals surface area contributed by atoms with Crippen molar-refractivity contribution in [1.29, 1.82) is 0 Å². The van der Waals surface area contributed by atoms with Crippen LogP contribution in [-0.2, 0) is 20.4 Å². The Morgan fingerprint density at radius 2 is 0.519 bits per heavy atom. The molecule has 27 heavy (non-hydrogen) atoms. The molecule has 0 saturated carbocycles. The SMILES string of the molecule is CC(C)(C)[PH+](C(C)(C)C)C(C)(C)C.[CH2+]C(C)(C)[PH+](C(C)(C)C)C(C)(C)C.[Pd]. The summed E-state index contributed by atoms with van der Waals surface area (Å²) in [6.07, 6.45) is 0. The van der Waals surface area contributed by atoms with Crippen LogP contribution in [0.4, 0.5) is 0 Å². The van der Waals surface area contributed by atoms with Crippen LogP contribution in [0.2, 0.25) is 0 Å². The molecule has 168 valence electrons. The van der Waals surface area contributed by atoms with E-state index in [4.69, 9.17) is 0 Å². The fourth-order valence-electron chi connectivity index (χ4n) is 6.53. The van der Waals surface area contributed by atoms with Crippen LogP contribution in [0.25, 0.3) is 0 Å². The molecule has 0 N–H and O–H groups in total. The Bertz CT molecular complexity index is 304. The Morgan fingerprint density at radius 1 is 0.370 bits per heavy atom. The van der Waals surface area contributed by atoms with Crippen LogP contribution in [-0.4, -0.2) is 30.9 Å². The van der Waals surface area contributed by atoms with Crippen LogP contribution >= 0.6 is 15.8 Å². The van der Waals surface area contributed by atoms with Gasteiger partial charge in [-0.1, -0.05) is 0 Å². The summed E-state index contributed by atoms with van der Waals surface area (Å²) >= 11 is 0. The van der Waals surface area contributed by atoms with Crippen LogP contribution in [0, 0.1) is 6.92 Å². The van der Waals surface area contributed by atoms with Crippen LogP contribution in [0.1, 0.15) is 118 Å². The van der Waals surface area contributed by atoms with E-state index in [0.717, 1.165) is 0 Å². The van der Waals surface area contributed by atoms with Gasteiger partial charge in [-0.15, -0.1) is 0 Å². The summed E-state index contributed by atoms with van der Waals surface area (Å²) in [7, 11) is -0.894. The van der Waals surface area contributed by atoms with E-state index in [9.17, 15) is 0 Å². The average Bonchev–Trinajstić information content (AvgIpc) is 1.97. The Kier molecular flexibility index (Phi) is 12.4. The quantitative estimate of drug-likeness (QED) is 0.187. The van der Waals surface area contributed by atoms with Gasteiger partial charge in [-0.2, -0.15) is 0 Å². The summed E-state index contributed by atoms with van der Waals surface area (Å²) in [4.78, 5) is 0. The van der Waals surface area contributed by atoms with Gasteiger partial charge in [0.25, 0.3) is 0 Å². The molecule has 0 spiro atoms. The first kappa shape index (κ1) is 33.0. The van der Waals surface area contributed by atoms with Crippen molar-refractivity contribution >= 4 is 15.8 Å². The molecule has 0 unspecified atom stereocenters. The molecule has 3 heteroatoms. The van der Waals surface area contributed by atoms with Gasteiger partial charge in [-0.25, -0.2) is 0 Å². The van der Waals surface area contributed by atoms with Crippen LogP contribution in [0.3, 0.4) is 0 Å². The summed E-state index contributed by atoms with van der Waals surface area (Å²) < 4.78 is 0. The van der Waals surface area contributed by atoms with E-state index in [2.05, 4.69) is 125 Å². The van der Waals surface area contributed by atoms with E-state index in [1.807, 2.05) is 0 Å². The molecule has 0 heterocycles. The first-order chi connectivity index (χ1) is 10.7. The minimum atomic E-state index is -0.502. The molecule has 0 rings (SSSR count). The number of rotatable bonds is 1. The van der Waals surface area contributed by atoms with E-state index < -0.39 is 15.8 Å². The molecule has 0 radical (unpaired) electrons. The minimum Gasteiger partial charge on any atom is -0.0261 e. The van der Waals surface area contributed by atoms with Gasteiger partial charge in [-0.3, -0.25) is 0 Å². The Morgan fingerprint density at radius 3 is 0.519 bits per heavy atom. The molecule has 0 atom stereocenters. The van der Waals surface area contributed by atoms with E-state index in [0.29, 0.717) is 25.8 Å². The van der Waals surface area contributed by atoms with Gasteiger partial charge in [0.1, 0.15) is 6.92 Å². The van der Waals surface area contributed by atoms with Crippen LogP contribution in [0.15, 0.2) is 0 Å². The smallest absolute Gasteiger partial charge is 0.0261 e. The van der Waals surface area contributed by atoms with Crippen molar-refractivity contribution in [2.75, 3.05) is 0 Å². The van der Waals surface area contributed by atoms with Crippen LogP contribution in [0.5, 0.6) is 0 Å². The zero-order valence-corrected chi connectivity index (χ0v) is 25.6. The van der Waals surface area contributed by atoms with Gasteiger partial charge in [0.15, 0.2) is 5.16 Å². The molecule has 0 aliphatic carbocycles. The van der Waals surface area contributed by atoms with Gasteiger partial charge < -0.3 is 0 Å². The van der Waals surface area contributed by atoms with Crippen molar-refractivity contribution in [2.45, 2.75) is 149 Å². The van der Waals surface area contributed by atoms with Crippen molar-refractivity contribution in [1.82, 2.24) is 0 Å². The van der Waals surface area contributed by atoms with E-state index in [-0.39, 0.29) is 25.6 Å². The largest absolute Gasteiger partial charge is 0.197 e. The number of hydrogen-bond acceptors (Lipinski definition) is 0. The summed E-state index contributed by atoms with van der Waals surface area (Å²) in [6, 6.07) is 0. The number of hydrogen-bond donors (Lipinski definition) is 0. The molecule has 0 aromatic carbocycles. The van der Waals surface area contributed by atoms with Crippen molar-refractivity contribution in [3.63, 3.8) is 0 Å². The van der Waals surface area contributed by atoms with Crippen molar-refractivity contribution in [3.05, 3.63) is 6.92 Å². The molecular weight excluding hydrogens is 457 g/mol.